The minimum absolute atomic E-state index is 0.0952. The highest BCUT2D eigenvalue weighted by molar-refractivity contribution is 5.94. The van der Waals surface area contributed by atoms with E-state index in [1.807, 2.05) is 24.3 Å². The number of anilines is 1. The number of piperazine rings is 1. The molecule has 0 spiro atoms. The predicted molar refractivity (Wildman–Crippen MR) is 117 cm³/mol. The van der Waals surface area contributed by atoms with Crippen LogP contribution in [0.2, 0.25) is 0 Å². The number of carbonyl (C=O) groups excluding carboxylic acids is 2. The van der Waals surface area contributed by atoms with Gasteiger partial charge in [0.25, 0.3) is 5.91 Å². The zero-order valence-electron chi connectivity index (χ0n) is 18.4. The molecule has 1 amide bonds. The van der Waals surface area contributed by atoms with Gasteiger partial charge in [-0.25, -0.2) is 9.18 Å². The average Bonchev–Trinajstić information content (AvgIpc) is 2.73. The van der Waals surface area contributed by atoms with Crippen molar-refractivity contribution in [3.63, 3.8) is 0 Å². The second-order valence-electron chi connectivity index (χ2n) is 8.35. The van der Waals surface area contributed by atoms with Crippen LogP contribution in [0.4, 0.5) is 10.1 Å². The third-order valence-electron chi connectivity index (χ3n) is 5.05. The Morgan fingerprint density at radius 1 is 1.00 bits per heavy atom. The number of carbonyl (C=O) groups is 2. The first kappa shape index (κ1) is 22.6. The first-order chi connectivity index (χ1) is 14.7. The number of esters is 1. The van der Waals surface area contributed by atoms with E-state index in [4.69, 9.17) is 9.47 Å². The lowest BCUT2D eigenvalue weighted by molar-refractivity contribution is -0.163. The quantitative estimate of drug-likeness (QED) is 0.653. The maximum atomic E-state index is 13.1. The van der Waals surface area contributed by atoms with E-state index in [1.54, 1.807) is 32.6 Å². The standard InChI is InChI=1S/C24H29FN2O4/c1-17(2)30-23(29)24(3,4)31-21-7-5-6-20(16-21)26-12-14-27(15-13-26)22(28)18-8-10-19(25)11-9-18/h5-11,16-17H,12-15H2,1-4H3. The average molecular weight is 429 g/mol. The summed E-state index contributed by atoms with van der Waals surface area (Å²) >= 11 is 0. The monoisotopic (exact) mass is 428 g/mol. The lowest BCUT2D eigenvalue weighted by Gasteiger charge is -2.36. The van der Waals surface area contributed by atoms with Crippen LogP contribution in [-0.2, 0) is 9.53 Å². The van der Waals surface area contributed by atoms with Crippen molar-refractivity contribution in [2.75, 3.05) is 31.1 Å². The molecule has 2 aromatic carbocycles. The molecule has 0 aromatic heterocycles. The summed E-state index contributed by atoms with van der Waals surface area (Å²) in [6, 6.07) is 13.2. The molecule has 1 fully saturated rings. The summed E-state index contributed by atoms with van der Waals surface area (Å²) in [5.41, 5.74) is 0.337. The summed E-state index contributed by atoms with van der Waals surface area (Å²) in [5, 5.41) is 0. The normalized spacial score (nSPS) is 14.5. The molecule has 6 nitrogen and oxygen atoms in total. The summed E-state index contributed by atoms with van der Waals surface area (Å²) < 4.78 is 24.3. The molecule has 1 heterocycles. The SMILES string of the molecule is CC(C)OC(=O)C(C)(C)Oc1cccc(N2CCN(C(=O)c3ccc(F)cc3)CC2)c1. The Hall–Kier alpha value is -3.09. The number of amides is 1. The molecule has 0 aliphatic carbocycles. The number of rotatable bonds is 6. The van der Waals surface area contributed by atoms with Crippen molar-refractivity contribution in [1.29, 1.82) is 0 Å². The van der Waals surface area contributed by atoms with Gasteiger partial charge in [-0.3, -0.25) is 4.79 Å². The Bertz CT molecular complexity index is 919. The van der Waals surface area contributed by atoms with Crippen LogP contribution < -0.4 is 9.64 Å². The van der Waals surface area contributed by atoms with E-state index in [2.05, 4.69) is 4.90 Å². The summed E-state index contributed by atoms with van der Waals surface area (Å²) in [6.45, 7) is 9.42. The third-order valence-corrected chi connectivity index (χ3v) is 5.05. The zero-order valence-corrected chi connectivity index (χ0v) is 18.4. The van der Waals surface area contributed by atoms with Gasteiger partial charge >= 0.3 is 5.97 Å². The van der Waals surface area contributed by atoms with Crippen molar-refractivity contribution < 1.29 is 23.5 Å². The van der Waals surface area contributed by atoms with Crippen LogP contribution >= 0.6 is 0 Å². The molecule has 166 valence electrons. The fourth-order valence-corrected chi connectivity index (χ4v) is 3.38. The Morgan fingerprint density at radius 2 is 1.65 bits per heavy atom. The fourth-order valence-electron chi connectivity index (χ4n) is 3.38. The molecule has 31 heavy (non-hydrogen) atoms. The smallest absolute Gasteiger partial charge is 0.350 e. The lowest BCUT2D eigenvalue weighted by Crippen LogP contribution is -2.48. The van der Waals surface area contributed by atoms with Gasteiger partial charge < -0.3 is 19.3 Å². The molecule has 0 unspecified atom stereocenters. The minimum Gasteiger partial charge on any atom is -0.476 e. The van der Waals surface area contributed by atoms with Crippen LogP contribution in [0.1, 0.15) is 38.1 Å². The molecule has 1 aliphatic rings. The van der Waals surface area contributed by atoms with E-state index in [0.717, 1.165) is 5.69 Å². The molecule has 1 aliphatic heterocycles. The summed E-state index contributed by atoms with van der Waals surface area (Å²) in [6.07, 6.45) is -0.212. The van der Waals surface area contributed by atoms with Gasteiger partial charge in [0.2, 0.25) is 0 Å². The molecule has 0 radical (unpaired) electrons. The largest absolute Gasteiger partial charge is 0.476 e. The lowest BCUT2D eigenvalue weighted by atomic mass is 10.1. The third kappa shape index (κ3) is 5.75. The molecule has 0 saturated carbocycles. The van der Waals surface area contributed by atoms with Gasteiger partial charge in [-0.15, -0.1) is 0 Å². The molecule has 0 N–H and O–H groups in total. The second-order valence-corrected chi connectivity index (χ2v) is 8.35. The number of ether oxygens (including phenoxy) is 2. The van der Waals surface area contributed by atoms with Crippen LogP contribution in [0.15, 0.2) is 48.5 Å². The zero-order chi connectivity index (χ0) is 22.6. The summed E-state index contributed by atoms with van der Waals surface area (Å²) in [7, 11) is 0. The molecule has 2 aromatic rings. The Balaban J connectivity index is 1.61. The Labute approximate surface area is 182 Å². The van der Waals surface area contributed by atoms with E-state index < -0.39 is 11.6 Å². The van der Waals surface area contributed by atoms with Gasteiger partial charge in [0.15, 0.2) is 5.60 Å². The minimum atomic E-state index is -1.11. The van der Waals surface area contributed by atoms with Gasteiger partial charge in [0, 0.05) is 43.5 Å². The van der Waals surface area contributed by atoms with E-state index in [1.165, 1.54) is 24.3 Å². The van der Waals surface area contributed by atoms with E-state index in [-0.39, 0.29) is 17.8 Å². The van der Waals surface area contributed by atoms with Gasteiger partial charge in [-0.2, -0.15) is 0 Å². The predicted octanol–water partition coefficient (Wildman–Crippen LogP) is 3.90. The number of halogens is 1. The van der Waals surface area contributed by atoms with Crippen molar-refractivity contribution in [2.24, 2.45) is 0 Å². The Morgan fingerprint density at radius 3 is 2.26 bits per heavy atom. The molecular weight excluding hydrogens is 399 g/mol. The molecule has 3 rings (SSSR count). The first-order valence-corrected chi connectivity index (χ1v) is 10.5. The van der Waals surface area contributed by atoms with Gasteiger partial charge in [-0.1, -0.05) is 6.07 Å². The second kappa shape index (κ2) is 9.37. The van der Waals surface area contributed by atoms with Crippen LogP contribution in [0.3, 0.4) is 0 Å². The highest BCUT2D eigenvalue weighted by atomic mass is 19.1. The number of hydrogen-bond acceptors (Lipinski definition) is 5. The molecule has 1 saturated heterocycles. The molecule has 0 bridgehead atoms. The van der Waals surface area contributed by atoms with Crippen molar-refractivity contribution in [3.8, 4) is 5.75 Å². The van der Waals surface area contributed by atoms with Crippen molar-refractivity contribution in [1.82, 2.24) is 4.90 Å². The van der Waals surface area contributed by atoms with Crippen molar-refractivity contribution in [3.05, 3.63) is 59.9 Å². The van der Waals surface area contributed by atoms with Crippen LogP contribution in [0.5, 0.6) is 5.75 Å². The number of benzene rings is 2. The number of nitrogens with zero attached hydrogens (tertiary/aromatic N) is 2. The van der Waals surface area contributed by atoms with Crippen LogP contribution in [0, 0.1) is 5.82 Å². The van der Waals surface area contributed by atoms with Crippen molar-refractivity contribution >= 4 is 17.6 Å². The van der Waals surface area contributed by atoms with Crippen LogP contribution in [0.25, 0.3) is 0 Å². The van der Waals surface area contributed by atoms with Gasteiger partial charge in [0.1, 0.15) is 11.6 Å². The van der Waals surface area contributed by atoms with E-state index in [9.17, 15) is 14.0 Å². The maximum absolute atomic E-state index is 13.1. The molecule has 0 atom stereocenters. The van der Waals surface area contributed by atoms with E-state index >= 15 is 0 Å². The molecular formula is C24H29FN2O4. The first-order valence-electron chi connectivity index (χ1n) is 10.5. The summed E-state index contributed by atoms with van der Waals surface area (Å²) in [5.74, 6) is -0.292. The highest BCUT2D eigenvalue weighted by Crippen LogP contribution is 2.26. The van der Waals surface area contributed by atoms with E-state index in [0.29, 0.717) is 37.5 Å². The summed E-state index contributed by atoms with van der Waals surface area (Å²) in [4.78, 5) is 28.9. The highest BCUT2D eigenvalue weighted by Gasteiger charge is 2.32. The maximum Gasteiger partial charge on any atom is 0.350 e. The van der Waals surface area contributed by atoms with Gasteiger partial charge in [-0.05, 0) is 64.1 Å². The number of hydrogen-bond donors (Lipinski definition) is 0. The van der Waals surface area contributed by atoms with Gasteiger partial charge in [0.05, 0.1) is 6.10 Å². The van der Waals surface area contributed by atoms with Crippen LogP contribution in [-0.4, -0.2) is 54.7 Å². The molecule has 7 heteroatoms. The van der Waals surface area contributed by atoms with Crippen molar-refractivity contribution in [2.45, 2.75) is 39.4 Å². The topological polar surface area (TPSA) is 59.1 Å². The fraction of sp³-hybridized carbons (Fsp3) is 0.417. The Kier molecular flexibility index (Phi) is 6.83.